The van der Waals surface area contributed by atoms with Crippen molar-refractivity contribution in [3.8, 4) is 11.5 Å². The average Bonchev–Trinajstić information content (AvgIpc) is 2.91. The Kier molecular flexibility index (Phi) is 4.79. The van der Waals surface area contributed by atoms with Gasteiger partial charge in [-0.2, -0.15) is 0 Å². The summed E-state index contributed by atoms with van der Waals surface area (Å²) in [5.41, 5.74) is 1.05. The molecule has 0 spiro atoms. The van der Waals surface area contributed by atoms with E-state index < -0.39 is 0 Å². The van der Waals surface area contributed by atoms with Crippen LogP contribution in [-0.2, 0) is 0 Å². The lowest BCUT2D eigenvalue weighted by Crippen LogP contribution is -2.06. The van der Waals surface area contributed by atoms with Crippen LogP contribution in [0.25, 0.3) is 0 Å². The lowest BCUT2D eigenvalue weighted by atomic mass is 9.96. The lowest BCUT2D eigenvalue weighted by molar-refractivity contribution is 0.382. The van der Waals surface area contributed by atoms with Crippen molar-refractivity contribution in [3.63, 3.8) is 0 Å². The predicted octanol–water partition coefficient (Wildman–Crippen LogP) is 4.94. The number of rotatable bonds is 4. The van der Waals surface area contributed by atoms with Crippen LogP contribution in [-0.4, -0.2) is 14.2 Å². The van der Waals surface area contributed by atoms with Crippen LogP contribution in [0.1, 0.15) is 36.6 Å². The lowest BCUT2D eigenvalue weighted by Gasteiger charge is -2.21. The minimum absolute atomic E-state index is 0.0182. The average molecular weight is 334 g/mol. The van der Waals surface area contributed by atoms with Gasteiger partial charge in [0.1, 0.15) is 16.0 Å². The second-order valence-corrected chi connectivity index (χ2v) is 5.91. The van der Waals surface area contributed by atoms with Crippen molar-refractivity contribution in [2.45, 2.75) is 31.1 Å². The fourth-order valence-corrected chi connectivity index (χ4v) is 3.75. The van der Waals surface area contributed by atoms with Crippen LogP contribution in [0.3, 0.4) is 0 Å². The highest BCUT2D eigenvalue weighted by molar-refractivity contribution is 9.10. The van der Waals surface area contributed by atoms with E-state index in [1.165, 1.54) is 25.7 Å². The van der Waals surface area contributed by atoms with E-state index in [1.54, 1.807) is 14.2 Å². The van der Waals surface area contributed by atoms with E-state index in [-0.39, 0.29) is 5.38 Å². The van der Waals surface area contributed by atoms with Crippen LogP contribution in [0.15, 0.2) is 16.6 Å². The smallest absolute Gasteiger partial charge is 0.141 e. The molecule has 0 heterocycles. The second kappa shape index (κ2) is 6.16. The van der Waals surface area contributed by atoms with E-state index in [0.29, 0.717) is 5.92 Å². The first-order valence-corrected chi connectivity index (χ1v) is 7.46. The standard InChI is InChI=1S/C14H18BrClO2/c1-17-11-8-7-10(14(18-2)12(11)15)13(16)9-5-3-4-6-9/h7-9,13H,3-6H2,1-2H3. The van der Waals surface area contributed by atoms with Crippen molar-refractivity contribution in [1.82, 2.24) is 0 Å². The molecular weight excluding hydrogens is 316 g/mol. The van der Waals surface area contributed by atoms with Gasteiger partial charge in [-0.25, -0.2) is 0 Å². The summed E-state index contributed by atoms with van der Waals surface area (Å²) in [5.74, 6) is 2.12. The summed E-state index contributed by atoms with van der Waals surface area (Å²) >= 11 is 10.1. The van der Waals surface area contributed by atoms with Crippen LogP contribution in [0.4, 0.5) is 0 Å². The highest BCUT2D eigenvalue weighted by Gasteiger charge is 2.28. The molecular formula is C14H18BrClO2. The summed E-state index contributed by atoms with van der Waals surface area (Å²) in [7, 11) is 3.32. The molecule has 2 rings (SSSR count). The molecule has 100 valence electrons. The van der Waals surface area contributed by atoms with Crippen LogP contribution in [0.5, 0.6) is 11.5 Å². The Morgan fingerprint density at radius 2 is 1.89 bits per heavy atom. The maximum absolute atomic E-state index is 6.62. The third-order valence-electron chi connectivity index (χ3n) is 3.63. The highest BCUT2D eigenvalue weighted by Crippen LogP contribution is 2.47. The molecule has 18 heavy (non-hydrogen) atoms. The zero-order valence-corrected chi connectivity index (χ0v) is 13.1. The second-order valence-electron chi connectivity index (χ2n) is 4.65. The molecule has 2 nitrogen and oxygen atoms in total. The molecule has 1 aliphatic carbocycles. The maximum Gasteiger partial charge on any atom is 0.141 e. The van der Waals surface area contributed by atoms with Gasteiger partial charge < -0.3 is 9.47 Å². The van der Waals surface area contributed by atoms with Gasteiger partial charge in [-0.05, 0) is 40.8 Å². The van der Waals surface area contributed by atoms with Crippen LogP contribution in [0, 0.1) is 5.92 Å². The van der Waals surface area contributed by atoms with Gasteiger partial charge in [-0.3, -0.25) is 0 Å². The van der Waals surface area contributed by atoms with Crippen molar-refractivity contribution in [2.75, 3.05) is 14.2 Å². The third kappa shape index (κ3) is 2.62. The Morgan fingerprint density at radius 1 is 1.22 bits per heavy atom. The molecule has 0 N–H and O–H groups in total. The molecule has 1 aromatic rings. The first-order valence-electron chi connectivity index (χ1n) is 6.23. The molecule has 0 saturated heterocycles. The van der Waals surface area contributed by atoms with Crippen molar-refractivity contribution >= 4 is 27.5 Å². The van der Waals surface area contributed by atoms with Gasteiger partial charge in [-0.15, -0.1) is 11.6 Å². The van der Waals surface area contributed by atoms with Crippen LogP contribution in [0.2, 0.25) is 0 Å². The number of ether oxygens (including phenoxy) is 2. The first kappa shape index (κ1) is 14.0. The van der Waals surface area contributed by atoms with Crippen LogP contribution >= 0.6 is 27.5 Å². The Balaban J connectivity index is 2.34. The van der Waals surface area contributed by atoms with Crippen LogP contribution < -0.4 is 9.47 Å². The maximum atomic E-state index is 6.62. The van der Waals surface area contributed by atoms with Gasteiger partial charge in [-0.1, -0.05) is 18.9 Å². The van der Waals surface area contributed by atoms with Gasteiger partial charge in [0.05, 0.1) is 19.6 Å². The van der Waals surface area contributed by atoms with Gasteiger partial charge in [0.2, 0.25) is 0 Å². The molecule has 0 bridgehead atoms. The number of hydrogen-bond acceptors (Lipinski definition) is 2. The molecule has 1 unspecified atom stereocenters. The zero-order chi connectivity index (χ0) is 13.1. The molecule has 0 amide bonds. The topological polar surface area (TPSA) is 18.5 Å². The van der Waals surface area contributed by atoms with Crippen molar-refractivity contribution < 1.29 is 9.47 Å². The Labute approximate surface area is 122 Å². The van der Waals surface area contributed by atoms with Gasteiger partial charge in [0, 0.05) is 5.56 Å². The summed E-state index contributed by atoms with van der Waals surface area (Å²) in [6.07, 6.45) is 4.99. The minimum Gasteiger partial charge on any atom is -0.495 e. The summed E-state index contributed by atoms with van der Waals surface area (Å²) in [6, 6.07) is 3.95. The molecule has 4 heteroatoms. The van der Waals surface area contributed by atoms with E-state index >= 15 is 0 Å². The van der Waals surface area contributed by atoms with E-state index in [4.69, 9.17) is 21.1 Å². The number of halogens is 2. The zero-order valence-electron chi connectivity index (χ0n) is 10.7. The van der Waals surface area contributed by atoms with Gasteiger partial charge in [0.15, 0.2) is 0 Å². The summed E-state index contributed by atoms with van der Waals surface area (Å²) < 4.78 is 11.6. The molecule has 1 atom stereocenters. The molecule has 1 saturated carbocycles. The van der Waals surface area contributed by atoms with E-state index in [2.05, 4.69) is 15.9 Å². The van der Waals surface area contributed by atoms with E-state index in [0.717, 1.165) is 21.5 Å². The highest BCUT2D eigenvalue weighted by atomic mass is 79.9. The fourth-order valence-electron chi connectivity index (χ4n) is 2.64. The van der Waals surface area contributed by atoms with Gasteiger partial charge in [0.25, 0.3) is 0 Å². The fraction of sp³-hybridized carbons (Fsp3) is 0.571. The van der Waals surface area contributed by atoms with Crippen molar-refractivity contribution in [1.29, 1.82) is 0 Å². The molecule has 0 radical (unpaired) electrons. The molecule has 0 aromatic heterocycles. The minimum atomic E-state index is 0.0182. The first-order chi connectivity index (χ1) is 8.69. The van der Waals surface area contributed by atoms with Crippen molar-refractivity contribution in [3.05, 3.63) is 22.2 Å². The van der Waals surface area contributed by atoms with E-state index in [9.17, 15) is 0 Å². The third-order valence-corrected chi connectivity index (χ3v) is 4.97. The Morgan fingerprint density at radius 3 is 2.44 bits per heavy atom. The van der Waals surface area contributed by atoms with Gasteiger partial charge >= 0.3 is 0 Å². The monoisotopic (exact) mass is 332 g/mol. The number of hydrogen-bond donors (Lipinski definition) is 0. The Hall–Kier alpha value is -0.410. The molecule has 1 fully saturated rings. The summed E-state index contributed by atoms with van der Waals surface area (Å²) in [4.78, 5) is 0. The largest absolute Gasteiger partial charge is 0.495 e. The summed E-state index contributed by atoms with van der Waals surface area (Å²) in [6.45, 7) is 0. The number of alkyl halides is 1. The SMILES string of the molecule is COc1ccc(C(Cl)C2CCCC2)c(OC)c1Br. The molecule has 0 aliphatic heterocycles. The molecule has 1 aliphatic rings. The van der Waals surface area contributed by atoms with Crippen molar-refractivity contribution in [2.24, 2.45) is 5.92 Å². The molecule has 1 aromatic carbocycles. The predicted molar refractivity (Wildman–Crippen MR) is 77.8 cm³/mol. The quantitative estimate of drug-likeness (QED) is 0.727. The number of methoxy groups -OCH3 is 2. The normalized spacial score (nSPS) is 17.8. The van der Waals surface area contributed by atoms with E-state index in [1.807, 2.05) is 12.1 Å². The Bertz CT molecular complexity index is 417. The number of benzene rings is 1. The summed E-state index contributed by atoms with van der Waals surface area (Å²) in [5, 5.41) is 0.0182.